The fourth-order valence-electron chi connectivity index (χ4n) is 1.59. The van der Waals surface area contributed by atoms with Crippen molar-refractivity contribution in [2.45, 2.75) is 20.1 Å². The van der Waals surface area contributed by atoms with Crippen LogP contribution in [0, 0.1) is 6.92 Å². The predicted octanol–water partition coefficient (Wildman–Crippen LogP) is 2.43. The van der Waals surface area contributed by atoms with Gasteiger partial charge in [-0.2, -0.15) is 0 Å². The largest absolute Gasteiger partial charge is 0.487 e. The van der Waals surface area contributed by atoms with E-state index in [1.807, 2.05) is 18.2 Å². The lowest BCUT2D eigenvalue weighted by atomic mass is 10.1. The van der Waals surface area contributed by atoms with E-state index >= 15 is 0 Å². The summed E-state index contributed by atoms with van der Waals surface area (Å²) in [7, 11) is 0. The molecule has 1 heterocycles. The minimum absolute atomic E-state index is 0.457. The molecule has 0 bridgehead atoms. The number of aryl methyl sites for hydroxylation is 1. The lowest BCUT2D eigenvalue weighted by Crippen LogP contribution is -2.00. The third kappa shape index (κ3) is 3.29. The number of hydrogen-bond donors (Lipinski definition) is 1. The molecule has 0 fully saturated rings. The predicted molar refractivity (Wildman–Crippen MR) is 67.6 cm³/mol. The normalized spacial score (nSPS) is 10.2. The second-order valence-corrected chi connectivity index (χ2v) is 3.97. The SMILES string of the molecule is Cc1cccc(COc2ccc(CN)nc2)c1. The zero-order valence-corrected chi connectivity index (χ0v) is 9.89. The summed E-state index contributed by atoms with van der Waals surface area (Å²) >= 11 is 0. The van der Waals surface area contributed by atoms with E-state index in [1.54, 1.807) is 6.20 Å². The van der Waals surface area contributed by atoms with Gasteiger partial charge in [0.2, 0.25) is 0 Å². The van der Waals surface area contributed by atoms with E-state index in [1.165, 1.54) is 5.56 Å². The second kappa shape index (κ2) is 5.46. The molecule has 1 aromatic carbocycles. The minimum atomic E-state index is 0.457. The van der Waals surface area contributed by atoms with Crippen LogP contribution in [0.15, 0.2) is 42.6 Å². The van der Waals surface area contributed by atoms with Crippen molar-refractivity contribution in [1.82, 2.24) is 4.98 Å². The highest BCUT2D eigenvalue weighted by Gasteiger charge is 1.97. The first kappa shape index (κ1) is 11.6. The average Bonchev–Trinajstić information content (AvgIpc) is 2.37. The molecule has 17 heavy (non-hydrogen) atoms. The Morgan fingerprint density at radius 2 is 2.12 bits per heavy atom. The molecule has 0 aliphatic heterocycles. The monoisotopic (exact) mass is 228 g/mol. The van der Waals surface area contributed by atoms with Gasteiger partial charge in [-0.05, 0) is 24.6 Å². The van der Waals surface area contributed by atoms with Gasteiger partial charge in [0.15, 0.2) is 0 Å². The molecule has 88 valence electrons. The van der Waals surface area contributed by atoms with E-state index in [9.17, 15) is 0 Å². The standard InChI is InChI=1S/C14H16N2O/c1-11-3-2-4-12(7-11)10-17-14-6-5-13(8-15)16-9-14/h2-7,9H,8,10,15H2,1H3. The third-order valence-corrected chi connectivity index (χ3v) is 2.49. The van der Waals surface area contributed by atoms with Crippen molar-refractivity contribution in [2.75, 3.05) is 0 Å². The number of benzene rings is 1. The van der Waals surface area contributed by atoms with Gasteiger partial charge in [0.1, 0.15) is 12.4 Å². The Kier molecular flexibility index (Phi) is 3.73. The Morgan fingerprint density at radius 1 is 1.24 bits per heavy atom. The lowest BCUT2D eigenvalue weighted by Gasteiger charge is -2.06. The van der Waals surface area contributed by atoms with Gasteiger partial charge in [0.05, 0.1) is 11.9 Å². The van der Waals surface area contributed by atoms with E-state index in [0.29, 0.717) is 13.2 Å². The first-order chi connectivity index (χ1) is 8.28. The second-order valence-electron chi connectivity index (χ2n) is 3.97. The van der Waals surface area contributed by atoms with Crippen LogP contribution in [-0.4, -0.2) is 4.98 Å². The van der Waals surface area contributed by atoms with Crippen LogP contribution in [0.5, 0.6) is 5.75 Å². The van der Waals surface area contributed by atoms with Gasteiger partial charge in [-0.1, -0.05) is 29.8 Å². The third-order valence-electron chi connectivity index (χ3n) is 2.49. The zero-order valence-electron chi connectivity index (χ0n) is 9.89. The Hall–Kier alpha value is -1.87. The summed E-state index contributed by atoms with van der Waals surface area (Å²) in [6, 6.07) is 12.0. The van der Waals surface area contributed by atoms with Gasteiger partial charge in [0.25, 0.3) is 0 Å². The number of ether oxygens (including phenoxy) is 1. The first-order valence-electron chi connectivity index (χ1n) is 5.61. The van der Waals surface area contributed by atoms with Crippen LogP contribution in [0.1, 0.15) is 16.8 Å². The van der Waals surface area contributed by atoms with Gasteiger partial charge in [-0.25, -0.2) is 0 Å². The van der Waals surface area contributed by atoms with E-state index < -0.39 is 0 Å². The molecule has 1 aromatic heterocycles. The van der Waals surface area contributed by atoms with Crippen molar-refractivity contribution in [2.24, 2.45) is 5.73 Å². The maximum absolute atomic E-state index is 5.64. The van der Waals surface area contributed by atoms with Crippen LogP contribution in [0.3, 0.4) is 0 Å². The van der Waals surface area contributed by atoms with Gasteiger partial charge >= 0.3 is 0 Å². The van der Waals surface area contributed by atoms with Gasteiger partial charge in [-0.3, -0.25) is 4.98 Å². The Labute approximate surface area is 101 Å². The van der Waals surface area contributed by atoms with Crippen molar-refractivity contribution in [3.8, 4) is 5.75 Å². The fourth-order valence-corrected chi connectivity index (χ4v) is 1.59. The van der Waals surface area contributed by atoms with E-state index in [4.69, 9.17) is 10.5 Å². The summed E-state index contributed by atoms with van der Waals surface area (Å²) < 4.78 is 5.64. The number of aromatic nitrogens is 1. The summed E-state index contributed by atoms with van der Waals surface area (Å²) in [4.78, 5) is 4.18. The van der Waals surface area contributed by atoms with Crippen molar-refractivity contribution in [3.05, 3.63) is 59.4 Å². The molecule has 0 saturated carbocycles. The summed E-state index contributed by atoms with van der Waals surface area (Å²) in [6.45, 7) is 3.09. The number of rotatable bonds is 4. The number of nitrogens with two attached hydrogens (primary N) is 1. The van der Waals surface area contributed by atoms with E-state index in [-0.39, 0.29) is 0 Å². The van der Waals surface area contributed by atoms with Crippen LogP contribution in [0.4, 0.5) is 0 Å². The van der Waals surface area contributed by atoms with Crippen molar-refractivity contribution in [3.63, 3.8) is 0 Å². The number of pyridine rings is 1. The quantitative estimate of drug-likeness (QED) is 0.874. The van der Waals surface area contributed by atoms with Gasteiger partial charge in [-0.15, -0.1) is 0 Å². The minimum Gasteiger partial charge on any atom is -0.487 e. The smallest absolute Gasteiger partial charge is 0.138 e. The lowest BCUT2D eigenvalue weighted by molar-refractivity contribution is 0.304. The summed E-state index contributed by atoms with van der Waals surface area (Å²) in [5.74, 6) is 0.767. The molecule has 0 atom stereocenters. The maximum atomic E-state index is 5.64. The average molecular weight is 228 g/mol. The first-order valence-corrected chi connectivity index (χ1v) is 5.61. The molecule has 0 aliphatic rings. The van der Waals surface area contributed by atoms with Crippen molar-refractivity contribution in [1.29, 1.82) is 0 Å². The molecule has 3 nitrogen and oxygen atoms in total. The fraction of sp³-hybridized carbons (Fsp3) is 0.214. The molecule has 0 saturated heterocycles. The molecular formula is C14H16N2O. The number of hydrogen-bond acceptors (Lipinski definition) is 3. The highest BCUT2D eigenvalue weighted by atomic mass is 16.5. The van der Waals surface area contributed by atoms with Gasteiger partial charge < -0.3 is 10.5 Å². The zero-order chi connectivity index (χ0) is 12.1. The molecule has 0 aliphatic carbocycles. The van der Waals surface area contributed by atoms with Crippen LogP contribution in [-0.2, 0) is 13.2 Å². The summed E-state index contributed by atoms with van der Waals surface area (Å²) in [6.07, 6.45) is 1.71. The maximum Gasteiger partial charge on any atom is 0.138 e. The van der Waals surface area contributed by atoms with Crippen LogP contribution < -0.4 is 10.5 Å². The summed E-state index contributed by atoms with van der Waals surface area (Å²) in [5.41, 5.74) is 8.75. The molecule has 2 rings (SSSR count). The highest BCUT2D eigenvalue weighted by molar-refractivity contribution is 5.24. The molecular weight excluding hydrogens is 212 g/mol. The van der Waals surface area contributed by atoms with E-state index in [2.05, 4.69) is 30.1 Å². The molecule has 2 aromatic rings. The van der Waals surface area contributed by atoms with Crippen LogP contribution >= 0.6 is 0 Å². The van der Waals surface area contributed by atoms with Crippen LogP contribution in [0.2, 0.25) is 0 Å². The molecule has 0 amide bonds. The Balaban J connectivity index is 1.97. The molecule has 0 radical (unpaired) electrons. The molecule has 0 unspecified atom stereocenters. The molecule has 0 spiro atoms. The number of nitrogens with zero attached hydrogens (tertiary/aromatic N) is 1. The summed E-state index contributed by atoms with van der Waals surface area (Å²) in [5, 5.41) is 0. The Morgan fingerprint density at radius 3 is 2.76 bits per heavy atom. The topological polar surface area (TPSA) is 48.1 Å². The Bertz CT molecular complexity index is 480. The van der Waals surface area contributed by atoms with Gasteiger partial charge in [0, 0.05) is 6.54 Å². The van der Waals surface area contributed by atoms with Crippen molar-refractivity contribution >= 4 is 0 Å². The van der Waals surface area contributed by atoms with Crippen molar-refractivity contribution < 1.29 is 4.74 Å². The van der Waals surface area contributed by atoms with Crippen LogP contribution in [0.25, 0.3) is 0 Å². The molecule has 2 N–H and O–H groups in total. The van der Waals surface area contributed by atoms with E-state index in [0.717, 1.165) is 17.0 Å². The molecule has 3 heteroatoms. The highest BCUT2D eigenvalue weighted by Crippen LogP contribution is 2.12.